The molecule has 0 aromatic rings. The minimum atomic E-state index is -0.236. The van der Waals surface area contributed by atoms with Gasteiger partial charge in [0.1, 0.15) is 0 Å². The van der Waals surface area contributed by atoms with Crippen LogP contribution in [0.4, 0.5) is 4.79 Å². The first-order valence-corrected chi connectivity index (χ1v) is 10.9. The summed E-state index contributed by atoms with van der Waals surface area (Å²) in [6.45, 7) is 5.73. The molecule has 4 aliphatic carbocycles. The van der Waals surface area contributed by atoms with E-state index in [1.165, 1.54) is 44.1 Å². The van der Waals surface area contributed by atoms with Crippen LogP contribution in [0.15, 0.2) is 11.6 Å². The number of rotatable bonds is 4. The molecule has 1 heterocycles. The zero-order valence-electron chi connectivity index (χ0n) is 16.8. The molecule has 5 fully saturated rings. The first kappa shape index (κ1) is 18.8. The van der Waals surface area contributed by atoms with E-state index in [1.807, 2.05) is 13.0 Å². The Kier molecular flexibility index (Phi) is 5.21. The Hall–Kier alpha value is -1.52. The molecule has 0 aromatic carbocycles. The number of amides is 2. The molecule has 2 amide bonds. The van der Waals surface area contributed by atoms with Gasteiger partial charge in [-0.2, -0.15) is 0 Å². The Morgan fingerprint density at radius 1 is 1.07 bits per heavy atom. The highest BCUT2D eigenvalue weighted by atomic mass is 16.6. The molecule has 0 aromatic heterocycles. The summed E-state index contributed by atoms with van der Waals surface area (Å²) >= 11 is 0. The van der Waals surface area contributed by atoms with E-state index in [0.717, 1.165) is 30.6 Å². The number of nitrogens with zero attached hydrogens (tertiary/aromatic N) is 1. The highest BCUT2D eigenvalue weighted by Gasteiger charge is 2.51. The lowest BCUT2D eigenvalue weighted by molar-refractivity contribution is -0.117. The summed E-state index contributed by atoms with van der Waals surface area (Å²) in [7, 11) is 0. The predicted octanol–water partition coefficient (Wildman–Crippen LogP) is 3.89. The smallest absolute Gasteiger partial charge is 0.409 e. The van der Waals surface area contributed by atoms with Crippen molar-refractivity contribution in [3.05, 3.63) is 11.6 Å². The first-order chi connectivity index (χ1) is 13.0. The summed E-state index contributed by atoms with van der Waals surface area (Å²) in [5.74, 6) is 2.75. The van der Waals surface area contributed by atoms with Crippen LogP contribution in [0.25, 0.3) is 0 Å². The van der Waals surface area contributed by atoms with E-state index in [0.29, 0.717) is 25.1 Å². The van der Waals surface area contributed by atoms with Gasteiger partial charge in [-0.3, -0.25) is 4.79 Å². The standard InChI is InChI=1S/C22H34N2O3/c1-3-27-21(26)24-6-4-19(5-7-24)23-20(25)8-15(2)22-12-16-9-17(13-22)11-18(10-16)14-22/h8,16-19H,3-7,9-14H2,1-2H3,(H,23,25)/b15-8-. The minimum Gasteiger partial charge on any atom is -0.450 e. The van der Waals surface area contributed by atoms with E-state index in [-0.39, 0.29) is 18.0 Å². The quantitative estimate of drug-likeness (QED) is 0.760. The van der Waals surface area contributed by atoms with Gasteiger partial charge >= 0.3 is 6.09 Å². The van der Waals surface area contributed by atoms with Gasteiger partial charge in [0, 0.05) is 25.2 Å². The van der Waals surface area contributed by atoms with Crippen LogP contribution in [0, 0.1) is 23.2 Å². The number of piperidine rings is 1. The Labute approximate surface area is 162 Å². The van der Waals surface area contributed by atoms with Crippen molar-refractivity contribution in [2.24, 2.45) is 23.2 Å². The van der Waals surface area contributed by atoms with Gasteiger partial charge in [0.2, 0.25) is 5.91 Å². The first-order valence-electron chi connectivity index (χ1n) is 10.9. The van der Waals surface area contributed by atoms with Gasteiger partial charge in [0.25, 0.3) is 0 Å². The van der Waals surface area contributed by atoms with Crippen molar-refractivity contribution in [1.82, 2.24) is 10.2 Å². The van der Waals surface area contributed by atoms with Gasteiger partial charge in [0.05, 0.1) is 6.61 Å². The molecular formula is C22H34N2O3. The van der Waals surface area contributed by atoms with Gasteiger partial charge in [0.15, 0.2) is 0 Å². The van der Waals surface area contributed by atoms with Crippen molar-refractivity contribution in [1.29, 1.82) is 0 Å². The van der Waals surface area contributed by atoms with Gasteiger partial charge in [-0.25, -0.2) is 4.79 Å². The Bertz CT molecular complexity index is 584. The van der Waals surface area contributed by atoms with Crippen LogP contribution in [-0.2, 0) is 9.53 Å². The van der Waals surface area contributed by atoms with E-state index in [4.69, 9.17) is 4.74 Å². The third-order valence-corrected chi connectivity index (χ3v) is 7.59. The molecule has 0 unspecified atom stereocenters. The molecule has 4 bridgehead atoms. The van der Waals surface area contributed by atoms with E-state index < -0.39 is 0 Å². The van der Waals surface area contributed by atoms with Crippen molar-refractivity contribution in [2.75, 3.05) is 19.7 Å². The maximum absolute atomic E-state index is 12.6. The fourth-order valence-electron chi connectivity index (χ4n) is 6.61. The summed E-state index contributed by atoms with van der Waals surface area (Å²) < 4.78 is 5.06. The molecule has 1 saturated heterocycles. The number of ether oxygens (including phenoxy) is 1. The summed E-state index contributed by atoms with van der Waals surface area (Å²) in [4.78, 5) is 26.2. The van der Waals surface area contributed by atoms with Crippen LogP contribution in [0.3, 0.4) is 0 Å². The van der Waals surface area contributed by atoms with Crippen molar-refractivity contribution in [3.63, 3.8) is 0 Å². The molecule has 1 N–H and O–H groups in total. The zero-order chi connectivity index (χ0) is 19.0. The highest BCUT2D eigenvalue weighted by Crippen LogP contribution is 2.62. The maximum atomic E-state index is 12.6. The van der Waals surface area contributed by atoms with Gasteiger partial charge in [-0.15, -0.1) is 0 Å². The molecule has 5 nitrogen and oxygen atoms in total. The fraction of sp³-hybridized carbons (Fsp3) is 0.818. The molecular weight excluding hydrogens is 340 g/mol. The normalized spacial score (nSPS) is 36.0. The van der Waals surface area contributed by atoms with Crippen molar-refractivity contribution in [2.45, 2.75) is 71.3 Å². The summed E-state index contributed by atoms with van der Waals surface area (Å²) in [6.07, 6.45) is 11.4. The summed E-state index contributed by atoms with van der Waals surface area (Å²) in [6, 6.07) is 0.156. The Morgan fingerprint density at radius 3 is 2.15 bits per heavy atom. The SMILES string of the molecule is CCOC(=O)N1CCC(NC(=O)/C=C(/C)C23CC4CC(CC(C4)C2)C3)CC1. The third kappa shape index (κ3) is 3.88. The topological polar surface area (TPSA) is 58.6 Å². The lowest BCUT2D eigenvalue weighted by atomic mass is 9.48. The molecule has 27 heavy (non-hydrogen) atoms. The monoisotopic (exact) mass is 374 g/mol. The molecule has 0 atom stereocenters. The Morgan fingerprint density at radius 2 is 1.63 bits per heavy atom. The molecule has 0 spiro atoms. The molecule has 5 heteroatoms. The lowest BCUT2D eigenvalue weighted by Crippen LogP contribution is -2.47. The van der Waals surface area contributed by atoms with Crippen LogP contribution in [0.5, 0.6) is 0 Å². The maximum Gasteiger partial charge on any atom is 0.409 e. The second kappa shape index (κ2) is 7.48. The summed E-state index contributed by atoms with van der Waals surface area (Å²) in [5.41, 5.74) is 1.61. The third-order valence-electron chi connectivity index (χ3n) is 7.59. The number of carbonyl (C=O) groups is 2. The second-order valence-electron chi connectivity index (χ2n) is 9.49. The number of hydrogen-bond donors (Lipinski definition) is 1. The van der Waals surface area contributed by atoms with Gasteiger partial charge in [-0.1, -0.05) is 5.57 Å². The zero-order valence-corrected chi connectivity index (χ0v) is 16.8. The molecule has 0 radical (unpaired) electrons. The number of hydrogen-bond acceptors (Lipinski definition) is 3. The second-order valence-corrected chi connectivity index (χ2v) is 9.49. The minimum absolute atomic E-state index is 0.0535. The van der Waals surface area contributed by atoms with Crippen LogP contribution in [-0.4, -0.2) is 42.6 Å². The fourth-order valence-corrected chi connectivity index (χ4v) is 6.61. The average Bonchev–Trinajstić information content (AvgIpc) is 2.61. The van der Waals surface area contributed by atoms with E-state index in [2.05, 4.69) is 12.2 Å². The predicted molar refractivity (Wildman–Crippen MR) is 104 cm³/mol. The van der Waals surface area contributed by atoms with E-state index in [9.17, 15) is 9.59 Å². The van der Waals surface area contributed by atoms with Crippen molar-refractivity contribution in [3.8, 4) is 0 Å². The van der Waals surface area contributed by atoms with E-state index in [1.54, 1.807) is 4.90 Å². The van der Waals surface area contributed by atoms with E-state index >= 15 is 0 Å². The average molecular weight is 375 g/mol. The molecule has 4 saturated carbocycles. The number of carbonyl (C=O) groups excluding carboxylic acids is 2. The molecule has 1 aliphatic heterocycles. The van der Waals surface area contributed by atoms with Crippen molar-refractivity contribution >= 4 is 12.0 Å². The summed E-state index contributed by atoms with van der Waals surface area (Å²) in [5, 5.41) is 3.18. The van der Waals surface area contributed by atoms with Crippen LogP contribution >= 0.6 is 0 Å². The number of allylic oxidation sites excluding steroid dienone is 1. The highest BCUT2D eigenvalue weighted by molar-refractivity contribution is 5.88. The molecule has 150 valence electrons. The number of nitrogens with one attached hydrogen (secondary N) is 1. The van der Waals surface area contributed by atoms with Crippen LogP contribution in [0.1, 0.15) is 65.2 Å². The Balaban J connectivity index is 1.31. The van der Waals surface area contributed by atoms with Gasteiger partial charge in [-0.05, 0) is 88.4 Å². The van der Waals surface area contributed by atoms with Gasteiger partial charge < -0.3 is 15.0 Å². The van der Waals surface area contributed by atoms with Crippen LogP contribution in [0.2, 0.25) is 0 Å². The lowest BCUT2D eigenvalue weighted by Gasteiger charge is -2.57. The number of likely N-dealkylation sites (tertiary alicyclic amines) is 1. The largest absolute Gasteiger partial charge is 0.450 e. The van der Waals surface area contributed by atoms with Crippen molar-refractivity contribution < 1.29 is 14.3 Å². The molecule has 5 aliphatic rings. The van der Waals surface area contributed by atoms with Crippen LogP contribution < -0.4 is 5.32 Å². The molecule has 5 rings (SSSR count).